The van der Waals surface area contributed by atoms with E-state index in [0.717, 1.165) is 17.9 Å². The van der Waals surface area contributed by atoms with Gasteiger partial charge in [0.15, 0.2) is 0 Å². The first-order valence-corrected chi connectivity index (χ1v) is 7.67. The quantitative estimate of drug-likeness (QED) is 0.774. The van der Waals surface area contributed by atoms with Gasteiger partial charge in [-0.15, -0.1) is 0 Å². The van der Waals surface area contributed by atoms with E-state index in [2.05, 4.69) is 31.3 Å². The van der Waals surface area contributed by atoms with Crippen LogP contribution in [0.5, 0.6) is 11.5 Å². The molecule has 0 unspecified atom stereocenters. The summed E-state index contributed by atoms with van der Waals surface area (Å²) >= 11 is 12.1. The van der Waals surface area contributed by atoms with Gasteiger partial charge >= 0.3 is 0 Å². The van der Waals surface area contributed by atoms with Crippen molar-refractivity contribution in [3.8, 4) is 11.5 Å². The molecule has 0 atom stereocenters. The first-order chi connectivity index (χ1) is 9.95. The number of nitrogens with one attached hydrogen (secondary N) is 1. The van der Waals surface area contributed by atoms with Gasteiger partial charge in [-0.05, 0) is 42.3 Å². The number of rotatable bonds is 5. The maximum absolute atomic E-state index is 6.15. The molecule has 2 aromatic carbocycles. The zero-order valence-corrected chi connectivity index (χ0v) is 13.9. The number of halogens is 2. The lowest BCUT2D eigenvalue weighted by atomic mass is 10.1. The molecular weight excluding hydrogens is 305 g/mol. The summed E-state index contributed by atoms with van der Waals surface area (Å²) in [5.74, 6) is 1.42. The van der Waals surface area contributed by atoms with E-state index in [4.69, 9.17) is 27.9 Å². The summed E-state index contributed by atoms with van der Waals surface area (Å²) in [6, 6.07) is 11.9. The van der Waals surface area contributed by atoms with Crippen molar-refractivity contribution in [3.63, 3.8) is 0 Å². The van der Waals surface area contributed by atoms with Gasteiger partial charge < -0.3 is 10.1 Å². The second-order valence-electron chi connectivity index (χ2n) is 5.31. The molecule has 21 heavy (non-hydrogen) atoms. The van der Waals surface area contributed by atoms with Crippen molar-refractivity contribution in [1.29, 1.82) is 0 Å². The predicted molar refractivity (Wildman–Crippen MR) is 89.7 cm³/mol. The van der Waals surface area contributed by atoms with Crippen LogP contribution in [0.1, 0.15) is 25.0 Å². The van der Waals surface area contributed by atoms with Crippen LogP contribution in [0.4, 0.5) is 0 Å². The lowest BCUT2D eigenvalue weighted by Crippen LogP contribution is -2.21. The molecule has 0 aliphatic rings. The van der Waals surface area contributed by atoms with Crippen LogP contribution in [0.25, 0.3) is 0 Å². The fraction of sp³-hybridized carbons (Fsp3) is 0.294. The topological polar surface area (TPSA) is 21.3 Å². The van der Waals surface area contributed by atoms with Gasteiger partial charge in [0.25, 0.3) is 0 Å². The molecule has 2 nitrogen and oxygen atoms in total. The summed E-state index contributed by atoms with van der Waals surface area (Å²) in [4.78, 5) is 0. The molecule has 0 saturated heterocycles. The maximum atomic E-state index is 6.15. The number of aryl methyl sites for hydroxylation is 1. The van der Waals surface area contributed by atoms with Crippen LogP contribution in [0.15, 0.2) is 36.4 Å². The molecule has 0 radical (unpaired) electrons. The van der Waals surface area contributed by atoms with E-state index in [1.165, 1.54) is 5.56 Å². The molecule has 0 amide bonds. The molecule has 0 heterocycles. The van der Waals surface area contributed by atoms with Crippen LogP contribution in [0, 0.1) is 6.92 Å². The first-order valence-electron chi connectivity index (χ1n) is 6.91. The zero-order valence-electron chi connectivity index (χ0n) is 12.4. The highest BCUT2D eigenvalue weighted by atomic mass is 35.5. The van der Waals surface area contributed by atoms with Gasteiger partial charge in [-0.25, -0.2) is 0 Å². The normalized spacial score (nSPS) is 11.0. The van der Waals surface area contributed by atoms with Gasteiger partial charge in [-0.2, -0.15) is 0 Å². The van der Waals surface area contributed by atoms with Crippen molar-refractivity contribution in [1.82, 2.24) is 5.32 Å². The largest absolute Gasteiger partial charge is 0.456 e. The Labute approximate surface area is 136 Å². The zero-order chi connectivity index (χ0) is 15.4. The van der Waals surface area contributed by atoms with Crippen molar-refractivity contribution >= 4 is 23.2 Å². The summed E-state index contributed by atoms with van der Waals surface area (Å²) in [5, 5.41) is 4.50. The van der Waals surface area contributed by atoms with Gasteiger partial charge in [-0.1, -0.05) is 49.2 Å². The van der Waals surface area contributed by atoms with Crippen LogP contribution in [0.3, 0.4) is 0 Å². The van der Waals surface area contributed by atoms with Crippen LogP contribution < -0.4 is 10.1 Å². The lowest BCUT2D eigenvalue weighted by molar-refractivity contribution is 0.477. The molecule has 0 bridgehead atoms. The third kappa shape index (κ3) is 4.63. The molecule has 2 rings (SSSR count). The molecule has 4 heteroatoms. The highest BCUT2D eigenvalue weighted by Gasteiger charge is 2.07. The Hall–Kier alpha value is -1.22. The Balaban J connectivity index is 2.20. The second kappa shape index (κ2) is 7.17. The minimum absolute atomic E-state index is 0.446. The highest BCUT2D eigenvalue weighted by molar-refractivity contribution is 6.35. The summed E-state index contributed by atoms with van der Waals surface area (Å²) in [5.41, 5.74) is 2.24. The second-order valence-corrected chi connectivity index (χ2v) is 6.16. The molecule has 0 aliphatic heterocycles. The molecule has 1 N–H and O–H groups in total. The van der Waals surface area contributed by atoms with Gasteiger partial charge in [0.1, 0.15) is 11.5 Å². The molecule has 0 aromatic heterocycles. The minimum atomic E-state index is 0.446. The van der Waals surface area contributed by atoms with E-state index in [-0.39, 0.29) is 0 Å². The van der Waals surface area contributed by atoms with E-state index in [0.29, 0.717) is 21.8 Å². The van der Waals surface area contributed by atoms with Crippen LogP contribution in [0.2, 0.25) is 10.0 Å². The van der Waals surface area contributed by atoms with Crippen LogP contribution >= 0.6 is 23.2 Å². The first kappa shape index (κ1) is 16.2. The van der Waals surface area contributed by atoms with Gasteiger partial charge in [0.05, 0.1) is 5.02 Å². The Morgan fingerprint density at radius 1 is 1.05 bits per heavy atom. The van der Waals surface area contributed by atoms with Crippen LogP contribution in [-0.2, 0) is 6.54 Å². The van der Waals surface area contributed by atoms with Crippen molar-refractivity contribution in [2.45, 2.75) is 33.4 Å². The van der Waals surface area contributed by atoms with Crippen LogP contribution in [-0.4, -0.2) is 6.04 Å². The number of ether oxygens (including phenoxy) is 1. The fourth-order valence-corrected chi connectivity index (χ4v) is 2.31. The van der Waals surface area contributed by atoms with Crippen molar-refractivity contribution in [2.75, 3.05) is 0 Å². The van der Waals surface area contributed by atoms with Gasteiger partial charge in [0.2, 0.25) is 0 Å². The fourth-order valence-electron chi connectivity index (χ4n) is 1.86. The molecule has 0 aliphatic carbocycles. The molecule has 112 valence electrons. The third-order valence-electron chi connectivity index (χ3n) is 3.08. The van der Waals surface area contributed by atoms with E-state index >= 15 is 0 Å². The Bertz CT molecular complexity index is 626. The number of hydrogen-bond acceptors (Lipinski definition) is 2. The highest BCUT2D eigenvalue weighted by Crippen LogP contribution is 2.33. The predicted octanol–water partition coefficient (Wildman–Crippen LogP) is 5.59. The standard InChI is InChI=1S/C17H19Cl2NO/c1-11(2)20-10-13-5-4-12(3)17(8-13)21-16-7-6-14(18)9-15(16)19/h4-9,11,20H,10H2,1-3H3. The Morgan fingerprint density at radius 2 is 1.81 bits per heavy atom. The average molecular weight is 324 g/mol. The maximum Gasteiger partial charge on any atom is 0.146 e. The molecule has 0 fully saturated rings. The molecule has 0 saturated carbocycles. The summed E-state index contributed by atoms with van der Waals surface area (Å²) in [6.45, 7) is 7.07. The monoisotopic (exact) mass is 323 g/mol. The smallest absolute Gasteiger partial charge is 0.146 e. The van der Waals surface area contributed by atoms with E-state index in [1.807, 2.05) is 13.0 Å². The van der Waals surface area contributed by atoms with Gasteiger partial charge in [-0.3, -0.25) is 0 Å². The SMILES string of the molecule is Cc1ccc(CNC(C)C)cc1Oc1ccc(Cl)cc1Cl. The van der Waals surface area contributed by atoms with E-state index < -0.39 is 0 Å². The number of benzene rings is 2. The molecule has 2 aromatic rings. The summed E-state index contributed by atoms with van der Waals surface area (Å²) in [7, 11) is 0. The van der Waals surface area contributed by atoms with E-state index in [1.54, 1.807) is 18.2 Å². The molecule has 0 spiro atoms. The van der Waals surface area contributed by atoms with Gasteiger partial charge in [0, 0.05) is 17.6 Å². The van der Waals surface area contributed by atoms with Crippen molar-refractivity contribution in [2.24, 2.45) is 0 Å². The van der Waals surface area contributed by atoms with Crippen molar-refractivity contribution in [3.05, 3.63) is 57.6 Å². The average Bonchev–Trinajstić information content (AvgIpc) is 2.42. The number of hydrogen-bond donors (Lipinski definition) is 1. The Kier molecular flexibility index (Phi) is 5.51. The minimum Gasteiger partial charge on any atom is -0.456 e. The third-order valence-corrected chi connectivity index (χ3v) is 3.61. The lowest BCUT2D eigenvalue weighted by Gasteiger charge is -2.13. The summed E-state index contributed by atoms with van der Waals surface area (Å²) in [6.07, 6.45) is 0. The van der Waals surface area contributed by atoms with E-state index in [9.17, 15) is 0 Å². The van der Waals surface area contributed by atoms with Crippen molar-refractivity contribution < 1.29 is 4.74 Å². The Morgan fingerprint density at radius 3 is 2.48 bits per heavy atom. The molecular formula is C17H19Cl2NO. The summed E-state index contributed by atoms with van der Waals surface area (Å²) < 4.78 is 5.92.